The predicted octanol–water partition coefficient (Wildman–Crippen LogP) is 2.87. The molecule has 28 heavy (non-hydrogen) atoms. The summed E-state index contributed by atoms with van der Waals surface area (Å²) in [6.45, 7) is 2.95. The largest absolute Gasteiger partial charge is 0.493 e. The Balaban J connectivity index is 1.73. The van der Waals surface area contributed by atoms with Crippen molar-refractivity contribution in [3.63, 3.8) is 0 Å². The fourth-order valence-corrected chi connectivity index (χ4v) is 6.18. The van der Waals surface area contributed by atoms with E-state index in [2.05, 4.69) is 0 Å². The maximum atomic E-state index is 12.9. The van der Waals surface area contributed by atoms with Crippen LogP contribution in [0.1, 0.15) is 15.2 Å². The zero-order valence-electron chi connectivity index (χ0n) is 15.8. The second kappa shape index (κ2) is 8.28. The number of halogens is 1. The smallest absolute Gasteiger partial charge is 0.254 e. The molecule has 2 heterocycles. The first-order valence-corrected chi connectivity index (χ1v) is 11.2. The minimum absolute atomic E-state index is 0.230. The number of methoxy groups -OCH3 is 2. The Labute approximate surface area is 173 Å². The number of carbonyl (C=O) groups is 1. The number of nitrogens with zero attached hydrogens (tertiary/aromatic N) is 2. The molecule has 1 aromatic carbocycles. The van der Waals surface area contributed by atoms with E-state index in [1.54, 1.807) is 23.1 Å². The summed E-state index contributed by atoms with van der Waals surface area (Å²) in [4.78, 5) is 15.4. The molecule has 0 saturated carbocycles. The van der Waals surface area contributed by atoms with Crippen LogP contribution in [-0.4, -0.2) is 63.9 Å². The Morgan fingerprint density at radius 1 is 1.11 bits per heavy atom. The van der Waals surface area contributed by atoms with Crippen molar-refractivity contribution in [3.05, 3.63) is 39.7 Å². The molecule has 152 valence electrons. The Morgan fingerprint density at radius 3 is 2.32 bits per heavy atom. The third-order valence-corrected chi connectivity index (χ3v) is 8.16. The van der Waals surface area contributed by atoms with Crippen molar-refractivity contribution in [1.82, 2.24) is 9.21 Å². The zero-order valence-corrected chi connectivity index (χ0v) is 18.2. The van der Waals surface area contributed by atoms with Gasteiger partial charge in [-0.05, 0) is 31.2 Å². The van der Waals surface area contributed by atoms with Crippen LogP contribution in [0.25, 0.3) is 0 Å². The van der Waals surface area contributed by atoms with E-state index in [0.717, 1.165) is 4.88 Å². The number of piperazine rings is 1. The number of hydrogen-bond acceptors (Lipinski definition) is 6. The van der Waals surface area contributed by atoms with E-state index in [0.29, 0.717) is 34.4 Å². The number of hydrogen-bond donors (Lipinski definition) is 0. The molecule has 7 nitrogen and oxygen atoms in total. The number of aryl methyl sites for hydroxylation is 1. The van der Waals surface area contributed by atoms with E-state index in [9.17, 15) is 13.2 Å². The van der Waals surface area contributed by atoms with E-state index < -0.39 is 10.0 Å². The van der Waals surface area contributed by atoms with Gasteiger partial charge in [-0.1, -0.05) is 11.6 Å². The average Bonchev–Trinajstić information content (AvgIpc) is 3.14. The van der Waals surface area contributed by atoms with Crippen molar-refractivity contribution in [3.8, 4) is 11.5 Å². The molecule has 1 aliphatic rings. The Kier molecular flexibility index (Phi) is 6.18. The minimum Gasteiger partial charge on any atom is -0.493 e. The molecule has 0 bridgehead atoms. The molecule has 0 unspecified atom stereocenters. The highest BCUT2D eigenvalue weighted by Crippen LogP contribution is 2.36. The van der Waals surface area contributed by atoms with Crippen LogP contribution in [0.15, 0.2) is 28.5 Å². The number of thiophene rings is 1. The minimum atomic E-state index is -3.53. The second-order valence-electron chi connectivity index (χ2n) is 6.25. The highest BCUT2D eigenvalue weighted by Gasteiger charge is 2.31. The van der Waals surface area contributed by atoms with Gasteiger partial charge in [-0.3, -0.25) is 4.79 Å². The van der Waals surface area contributed by atoms with E-state index in [4.69, 9.17) is 21.1 Å². The monoisotopic (exact) mass is 444 g/mol. The lowest BCUT2D eigenvalue weighted by Crippen LogP contribution is -2.50. The van der Waals surface area contributed by atoms with Crippen molar-refractivity contribution in [2.75, 3.05) is 40.4 Å². The number of rotatable bonds is 5. The maximum Gasteiger partial charge on any atom is 0.254 e. The topological polar surface area (TPSA) is 76.2 Å². The summed E-state index contributed by atoms with van der Waals surface area (Å²) in [5, 5.41) is 0.277. The van der Waals surface area contributed by atoms with Gasteiger partial charge in [-0.2, -0.15) is 4.31 Å². The highest BCUT2D eigenvalue weighted by atomic mass is 35.5. The fourth-order valence-electron chi connectivity index (χ4n) is 3.03. The SMILES string of the molecule is COc1cc(C(=O)N2CCN(S(=O)(=O)c3ccc(C)s3)CC2)cc(Cl)c1OC. The van der Waals surface area contributed by atoms with E-state index in [-0.39, 0.29) is 24.0 Å². The number of amides is 1. The van der Waals surface area contributed by atoms with Gasteiger partial charge in [0.1, 0.15) is 4.21 Å². The standard InChI is InChI=1S/C18H21ClN2O5S2/c1-12-4-5-16(27-12)28(23,24)21-8-6-20(7-9-21)18(22)13-10-14(19)17(26-3)15(11-13)25-2/h4-5,10-11H,6-9H2,1-3H3. The molecule has 0 N–H and O–H groups in total. The van der Waals surface area contributed by atoms with Crippen molar-refractivity contribution < 1.29 is 22.7 Å². The van der Waals surface area contributed by atoms with Crippen molar-refractivity contribution in [2.45, 2.75) is 11.1 Å². The Morgan fingerprint density at radius 2 is 1.79 bits per heavy atom. The van der Waals surface area contributed by atoms with Gasteiger partial charge in [0.2, 0.25) is 0 Å². The summed E-state index contributed by atoms with van der Waals surface area (Å²) in [5.74, 6) is 0.502. The van der Waals surface area contributed by atoms with Gasteiger partial charge in [0.25, 0.3) is 15.9 Å². The summed E-state index contributed by atoms with van der Waals surface area (Å²) < 4.78 is 37.6. The predicted molar refractivity (Wildman–Crippen MR) is 108 cm³/mol. The molecular formula is C18H21ClN2O5S2. The Bertz CT molecular complexity index is 982. The molecule has 1 amide bonds. The summed E-state index contributed by atoms with van der Waals surface area (Å²) in [6, 6.07) is 6.52. The van der Waals surface area contributed by atoms with Crippen molar-refractivity contribution >= 4 is 38.9 Å². The van der Waals surface area contributed by atoms with Crippen molar-refractivity contribution in [2.24, 2.45) is 0 Å². The van der Waals surface area contributed by atoms with Gasteiger partial charge in [-0.25, -0.2) is 8.42 Å². The third-order valence-electron chi connectivity index (χ3n) is 4.52. The van der Waals surface area contributed by atoms with Gasteiger partial charge in [0.05, 0.1) is 19.2 Å². The highest BCUT2D eigenvalue weighted by molar-refractivity contribution is 7.91. The van der Waals surface area contributed by atoms with Crippen LogP contribution in [0.3, 0.4) is 0 Å². The number of benzene rings is 1. The first kappa shape index (κ1) is 20.9. The van der Waals surface area contributed by atoms with Gasteiger partial charge in [-0.15, -0.1) is 11.3 Å². The van der Waals surface area contributed by atoms with Crippen LogP contribution in [0, 0.1) is 6.92 Å². The molecule has 0 spiro atoms. The average molecular weight is 445 g/mol. The molecule has 1 aliphatic heterocycles. The summed E-state index contributed by atoms with van der Waals surface area (Å²) in [5.41, 5.74) is 0.368. The Hall–Kier alpha value is -1.81. The zero-order chi connectivity index (χ0) is 20.5. The van der Waals surface area contributed by atoms with Crippen LogP contribution in [-0.2, 0) is 10.0 Å². The van der Waals surface area contributed by atoms with Crippen LogP contribution in [0.2, 0.25) is 5.02 Å². The van der Waals surface area contributed by atoms with Gasteiger partial charge in [0, 0.05) is 36.6 Å². The number of ether oxygens (including phenoxy) is 2. The van der Waals surface area contributed by atoms with Crippen LogP contribution < -0.4 is 9.47 Å². The fraction of sp³-hybridized carbons (Fsp3) is 0.389. The molecular weight excluding hydrogens is 424 g/mol. The maximum absolute atomic E-state index is 12.9. The third kappa shape index (κ3) is 3.98. The molecule has 0 atom stereocenters. The van der Waals surface area contributed by atoms with Crippen LogP contribution >= 0.6 is 22.9 Å². The number of carbonyl (C=O) groups excluding carboxylic acids is 1. The molecule has 10 heteroatoms. The second-order valence-corrected chi connectivity index (χ2v) is 10.1. The van der Waals surface area contributed by atoms with Gasteiger partial charge >= 0.3 is 0 Å². The summed E-state index contributed by atoms with van der Waals surface area (Å²) in [7, 11) is -0.582. The lowest BCUT2D eigenvalue weighted by molar-refractivity contribution is 0.0697. The van der Waals surface area contributed by atoms with E-state index in [1.165, 1.54) is 35.9 Å². The first-order chi connectivity index (χ1) is 13.3. The normalized spacial score (nSPS) is 15.5. The lowest BCUT2D eigenvalue weighted by Gasteiger charge is -2.33. The molecule has 1 fully saturated rings. The van der Waals surface area contributed by atoms with E-state index in [1.807, 2.05) is 6.92 Å². The van der Waals surface area contributed by atoms with Gasteiger partial charge < -0.3 is 14.4 Å². The number of sulfonamides is 1. The molecule has 0 aliphatic carbocycles. The molecule has 3 rings (SSSR count). The quantitative estimate of drug-likeness (QED) is 0.708. The molecule has 0 radical (unpaired) electrons. The summed E-state index contributed by atoms with van der Waals surface area (Å²) >= 11 is 7.44. The van der Waals surface area contributed by atoms with Crippen molar-refractivity contribution in [1.29, 1.82) is 0 Å². The summed E-state index contributed by atoms with van der Waals surface area (Å²) in [6.07, 6.45) is 0. The molecule has 2 aromatic rings. The molecule has 1 aromatic heterocycles. The van der Waals surface area contributed by atoms with Crippen LogP contribution in [0.4, 0.5) is 0 Å². The van der Waals surface area contributed by atoms with Gasteiger partial charge in [0.15, 0.2) is 11.5 Å². The van der Waals surface area contributed by atoms with Crippen LogP contribution in [0.5, 0.6) is 11.5 Å². The van der Waals surface area contributed by atoms with E-state index >= 15 is 0 Å². The molecule has 1 saturated heterocycles. The first-order valence-electron chi connectivity index (χ1n) is 8.55. The lowest BCUT2D eigenvalue weighted by atomic mass is 10.1.